The van der Waals surface area contributed by atoms with Gasteiger partial charge in [-0.1, -0.05) is 312 Å². The van der Waals surface area contributed by atoms with Crippen molar-refractivity contribution < 1.29 is 28.6 Å². The van der Waals surface area contributed by atoms with Crippen LogP contribution >= 0.6 is 0 Å². The van der Waals surface area contributed by atoms with E-state index in [-0.39, 0.29) is 31.1 Å². The molecule has 6 heteroatoms. The minimum Gasteiger partial charge on any atom is -0.462 e. The Labute approximate surface area is 510 Å². The molecular weight excluding hydrogens is 1010 g/mol. The van der Waals surface area contributed by atoms with Crippen molar-refractivity contribution in [2.24, 2.45) is 0 Å². The van der Waals surface area contributed by atoms with Crippen LogP contribution in [-0.2, 0) is 28.6 Å². The first-order valence-corrected chi connectivity index (χ1v) is 35.9. The molecule has 0 spiro atoms. The molecule has 6 nitrogen and oxygen atoms in total. The molecule has 0 aliphatic rings. The van der Waals surface area contributed by atoms with Crippen LogP contribution in [0.3, 0.4) is 0 Å². The molecule has 0 radical (unpaired) electrons. The van der Waals surface area contributed by atoms with Gasteiger partial charge in [-0.3, -0.25) is 14.4 Å². The van der Waals surface area contributed by atoms with Crippen LogP contribution in [0.4, 0.5) is 0 Å². The number of hydrogen-bond acceptors (Lipinski definition) is 6. The van der Waals surface area contributed by atoms with Gasteiger partial charge in [-0.15, -0.1) is 0 Å². The summed E-state index contributed by atoms with van der Waals surface area (Å²) in [6.07, 6.45) is 92.3. The van der Waals surface area contributed by atoms with E-state index >= 15 is 0 Å². The first kappa shape index (κ1) is 78.8. The van der Waals surface area contributed by atoms with Gasteiger partial charge < -0.3 is 14.2 Å². The van der Waals surface area contributed by atoms with E-state index in [1.165, 1.54) is 250 Å². The second-order valence-electron chi connectivity index (χ2n) is 24.1. The molecule has 82 heavy (non-hydrogen) atoms. The van der Waals surface area contributed by atoms with E-state index < -0.39 is 6.10 Å². The SMILES string of the molecule is CCCCC/C=C\C/C=C\CCCCCCCCCCCC(=O)OC(COC(=O)CCCCCCC/C=C\CCCCC)COC(=O)CCCCCCCCCCCCCCCCCCCC/C=C\C/C=C\C/C=C\CCCCCCC. The fraction of sp³-hybridized carbons (Fsp3) is 0.803. The summed E-state index contributed by atoms with van der Waals surface area (Å²) in [6.45, 7) is 6.62. The van der Waals surface area contributed by atoms with Gasteiger partial charge in [0.25, 0.3) is 0 Å². The number of carbonyl (C=O) groups is 3. The molecule has 0 aliphatic carbocycles. The summed E-state index contributed by atoms with van der Waals surface area (Å²) in [6, 6.07) is 0. The summed E-state index contributed by atoms with van der Waals surface area (Å²) in [5.41, 5.74) is 0. The summed E-state index contributed by atoms with van der Waals surface area (Å²) in [5, 5.41) is 0. The van der Waals surface area contributed by atoms with Gasteiger partial charge in [0.1, 0.15) is 13.2 Å². The lowest BCUT2D eigenvalue weighted by atomic mass is 10.0. The van der Waals surface area contributed by atoms with Crippen molar-refractivity contribution in [3.8, 4) is 0 Å². The molecule has 0 aromatic rings. The van der Waals surface area contributed by atoms with Crippen molar-refractivity contribution in [1.82, 2.24) is 0 Å². The average molecular weight is 1150 g/mol. The molecule has 0 rings (SSSR count). The standard InChI is InChI=1S/C76H136O6/c1-4-7-10-13-16-19-22-25-27-29-31-32-33-34-35-36-37-38-39-40-41-42-43-44-46-47-49-51-54-57-60-63-66-69-75(78)81-72-73(71-80-74(77)68-65-62-59-56-53-24-21-18-15-12-9-6-3)82-76(79)70-67-64-61-58-55-52-50-48-45-30-28-26-23-20-17-14-11-8-5-2/h17-18,20-22,25-26,28-29,31,33-34,73H,4-16,19,23-24,27,30,32,35-72H2,1-3H3/b20-17-,21-18-,25-22-,28-26-,31-29-,34-33-. The number of carbonyl (C=O) groups excluding carboxylic acids is 3. The molecule has 0 fully saturated rings. The second kappa shape index (κ2) is 70.3. The molecule has 0 aliphatic heterocycles. The van der Waals surface area contributed by atoms with Crippen LogP contribution in [-0.4, -0.2) is 37.2 Å². The van der Waals surface area contributed by atoms with Crippen molar-refractivity contribution in [1.29, 1.82) is 0 Å². The van der Waals surface area contributed by atoms with Crippen molar-refractivity contribution in [3.05, 3.63) is 72.9 Å². The third-order valence-corrected chi connectivity index (χ3v) is 15.9. The maximum Gasteiger partial charge on any atom is 0.306 e. The van der Waals surface area contributed by atoms with Gasteiger partial charge in [0, 0.05) is 19.3 Å². The zero-order valence-electron chi connectivity index (χ0n) is 54.8. The highest BCUT2D eigenvalue weighted by Crippen LogP contribution is 2.18. The Balaban J connectivity index is 4.15. The van der Waals surface area contributed by atoms with E-state index in [4.69, 9.17) is 14.2 Å². The molecule has 1 unspecified atom stereocenters. The molecule has 476 valence electrons. The smallest absolute Gasteiger partial charge is 0.306 e. The van der Waals surface area contributed by atoms with Gasteiger partial charge in [-0.2, -0.15) is 0 Å². The van der Waals surface area contributed by atoms with E-state index in [1.54, 1.807) is 0 Å². The lowest BCUT2D eigenvalue weighted by Crippen LogP contribution is -2.30. The second-order valence-corrected chi connectivity index (χ2v) is 24.1. The van der Waals surface area contributed by atoms with Crippen LogP contribution in [0, 0.1) is 0 Å². The lowest BCUT2D eigenvalue weighted by Gasteiger charge is -2.18. The van der Waals surface area contributed by atoms with Gasteiger partial charge in [0.2, 0.25) is 0 Å². The van der Waals surface area contributed by atoms with Gasteiger partial charge in [0.05, 0.1) is 0 Å². The third kappa shape index (κ3) is 67.6. The monoisotopic (exact) mass is 1150 g/mol. The Morgan fingerprint density at radius 1 is 0.244 bits per heavy atom. The fourth-order valence-electron chi connectivity index (χ4n) is 10.5. The van der Waals surface area contributed by atoms with Crippen molar-refractivity contribution >= 4 is 17.9 Å². The third-order valence-electron chi connectivity index (χ3n) is 15.9. The lowest BCUT2D eigenvalue weighted by molar-refractivity contribution is -0.167. The zero-order chi connectivity index (χ0) is 59.2. The molecule has 0 bridgehead atoms. The van der Waals surface area contributed by atoms with E-state index in [2.05, 4.69) is 93.7 Å². The predicted molar refractivity (Wildman–Crippen MR) is 358 cm³/mol. The van der Waals surface area contributed by atoms with Crippen LogP contribution in [0.25, 0.3) is 0 Å². The first-order chi connectivity index (χ1) is 40.5. The molecule has 0 saturated heterocycles. The molecular formula is C76H136O6. The number of unbranched alkanes of at least 4 members (excludes halogenated alkanes) is 43. The normalized spacial score (nSPS) is 12.5. The summed E-state index contributed by atoms with van der Waals surface area (Å²) >= 11 is 0. The van der Waals surface area contributed by atoms with Crippen molar-refractivity contribution in [2.45, 2.75) is 380 Å². The number of rotatable bonds is 66. The summed E-state index contributed by atoms with van der Waals surface area (Å²) in [7, 11) is 0. The van der Waals surface area contributed by atoms with Crippen molar-refractivity contribution in [2.75, 3.05) is 13.2 Å². The topological polar surface area (TPSA) is 78.9 Å². The fourth-order valence-corrected chi connectivity index (χ4v) is 10.5. The van der Waals surface area contributed by atoms with Gasteiger partial charge in [-0.05, 0) is 116 Å². The van der Waals surface area contributed by atoms with Crippen molar-refractivity contribution in [3.63, 3.8) is 0 Å². The molecule has 0 aromatic heterocycles. The molecule has 1 atom stereocenters. The number of ether oxygens (including phenoxy) is 3. The molecule has 0 heterocycles. The van der Waals surface area contributed by atoms with E-state index in [0.717, 1.165) is 83.5 Å². The highest BCUT2D eigenvalue weighted by atomic mass is 16.6. The first-order valence-electron chi connectivity index (χ1n) is 35.9. The summed E-state index contributed by atoms with van der Waals surface area (Å²) < 4.78 is 17.0. The number of esters is 3. The Morgan fingerprint density at radius 2 is 0.439 bits per heavy atom. The van der Waals surface area contributed by atoms with Crippen LogP contribution in [0.2, 0.25) is 0 Å². The Kier molecular flexibility index (Phi) is 67.6. The van der Waals surface area contributed by atoms with E-state index in [0.29, 0.717) is 19.3 Å². The average Bonchev–Trinajstić information content (AvgIpc) is 3.47. The maximum absolute atomic E-state index is 12.9. The van der Waals surface area contributed by atoms with Crippen LogP contribution < -0.4 is 0 Å². The predicted octanol–water partition coefficient (Wildman–Crippen LogP) is 24.8. The van der Waals surface area contributed by atoms with Crippen LogP contribution in [0.15, 0.2) is 72.9 Å². The largest absolute Gasteiger partial charge is 0.462 e. The number of allylic oxidation sites excluding steroid dienone is 12. The van der Waals surface area contributed by atoms with Gasteiger partial charge in [0.15, 0.2) is 6.10 Å². The Hall–Kier alpha value is -3.15. The van der Waals surface area contributed by atoms with Gasteiger partial charge >= 0.3 is 17.9 Å². The van der Waals surface area contributed by atoms with Crippen LogP contribution in [0.5, 0.6) is 0 Å². The van der Waals surface area contributed by atoms with E-state index in [9.17, 15) is 14.4 Å². The highest BCUT2D eigenvalue weighted by Gasteiger charge is 2.19. The zero-order valence-corrected chi connectivity index (χ0v) is 54.8. The minimum absolute atomic E-state index is 0.0761. The minimum atomic E-state index is -0.780. The summed E-state index contributed by atoms with van der Waals surface area (Å²) in [4.78, 5) is 38.4. The highest BCUT2D eigenvalue weighted by molar-refractivity contribution is 5.71. The number of hydrogen-bond donors (Lipinski definition) is 0. The molecule has 0 saturated carbocycles. The molecule has 0 aromatic carbocycles. The molecule has 0 amide bonds. The Morgan fingerprint density at radius 3 is 0.720 bits per heavy atom. The molecule has 0 N–H and O–H groups in total. The maximum atomic E-state index is 12.9. The Bertz CT molecular complexity index is 1500. The summed E-state index contributed by atoms with van der Waals surface area (Å²) in [5.74, 6) is -0.870. The quantitative estimate of drug-likeness (QED) is 0.0261. The van der Waals surface area contributed by atoms with Crippen LogP contribution in [0.1, 0.15) is 374 Å². The van der Waals surface area contributed by atoms with Gasteiger partial charge in [-0.25, -0.2) is 0 Å². The van der Waals surface area contributed by atoms with E-state index in [1.807, 2.05) is 0 Å².